The number of hydrogen-bond donors (Lipinski definition) is 4. The van der Waals surface area contributed by atoms with Crippen molar-refractivity contribution >= 4 is 23.3 Å². The van der Waals surface area contributed by atoms with Crippen molar-refractivity contribution in [2.24, 2.45) is 22.2 Å². The Kier molecular flexibility index (Phi) is 8.61. The second-order valence-electron chi connectivity index (χ2n) is 6.55. The molecule has 0 saturated heterocycles. The van der Waals surface area contributed by atoms with E-state index in [1.165, 1.54) is 24.0 Å². The van der Waals surface area contributed by atoms with Crippen LogP contribution >= 0.6 is 11.8 Å². The van der Waals surface area contributed by atoms with Crippen LogP contribution in [0, 0.1) is 5.82 Å². The van der Waals surface area contributed by atoms with Crippen molar-refractivity contribution in [2.75, 3.05) is 0 Å². The largest absolute Gasteiger partial charge is 0.405 e. The van der Waals surface area contributed by atoms with Crippen molar-refractivity contribution in [1.29, 1.82) is 0 Å². The van der Waals surface area contributed by atoms with Gasteiger partial charge in [0.25, 0.3) is 0 Å². The summed E-state index contributed by atoms with van der Waals surface area (Å²) in [4.78, 5) is 5.69. The van der Waals surface area contributed by atoms with Gasteiger partial charge in [0.1, 0.15) is 11.7 Å². The van der Waals surface area contributed by atoms with Gasteiger partial charge in [-0.1, -0.05) is 37.4 Å². The lowest BCUT2D eigenvalue weighted by Gasteiger charge is -2.14. The molecule has 0 spiro atoms. The lowest BCUT2D eigenvalue weighted by atomic mass is 10.1. The molecule has 0 heterocycles. The van der Waals surface area contributed by atoms with Crippen molar-refractivity contribution in [3.63, 3.8) is 0 Å². The molecular weight excluding hydrogens is 385 g/mol. The van der Waals surface area contributed by atoms with E-state index in [9.17, 15) is 4.39 Å². The van der Waals surface area contributed by atoms with E-state index in [4.69, 9.17) is 17.2 Å². The van der Waals surface area contributed by atoms with Crippen molar-refractivity contribution in [3.05, 3.63) is 83.6 Å². The first-order chi connectivity index (χ1) is 13.9. The first-order valence-electron chi connectivity index (χ1n) is 9.41. The predicted molar refractivity (Wildman–Crippen MR) is 122 cm³/mol. The van der Waals surface area contributed by atoms with Crippen LogP contribution in [0.25, 0.3) is 0 Å². The number of thioether (sulfide) groups is 1. The summed E-state index contributed by atoms with van der Waals surface area (Å²) in [5, 5.41) is 3.10. The van der Waals surface area contributed by atoms with Gasteiger partial charge in [-0.2, -0.15) is 0 Å². The van der Waals surface area contributed by atoms with Gasteiger partial charge in [0.05, 0.1) is 11.5 Å². The third kappa shape index (κ3) is 6.87. The van der Waals surface area contributed by atoms with Crippen LogP contribution in [-0.4, -0.2) is 5.84 Å². The molecule has 1 aromatic carbocycles. The third-order valence-corrected chi connectivity index (χ3v) is 5.33. The van der Waals surface area contributed by atoms with E-state index in [1.54, 1.807) is 30.4 Å². The summed E-state index contributed by atoms with van der Waals surface area (Å²) in [7, 11) is 0. The number of nitrogens with one attached hydrogen (secondary N) is 1. The lowest BCUT2D eigenvalue weighted by molar-refractivity contribution is 0.602. The molecular formula is C22H28FN5S. The van der Waals surface area contributed by atoms with Crippen LogP contribution in [0.15, 0.2) is 87.7 Å². The number of allylic oxidation sites excluding steroid dienone is 4. The quantitative estimate of drug-likeness (QED) is 0.214. The van der Waals surface area contributed by atoms with Gasteiger partial charge in [-0.05, 0) is 56.2 Å². The van der Waals surface area contributed by atoms with Crippen molar-refractivity contribution in [2.45, 2.75) is 37.0 Å². The maximum Gasteiger partial charge on any atom is 0.139 e. The summed E-state index contributed by atoms with van der Waals surface area (Å²) in [5.74, 6) is 0.358. The number of hydrogen-bond acceptors (Lipinski definition) is 5. The zero-order valence-corrected chi connectivity index (χ0v) is 17.3. The molecule has 0 unspecified atom stereocenters. The second-order valence-corrected chi connectivity index (χ2v) is 7.66. The predicted octanol–water partition coefficient (Wildman–Crippen LogP) is 4.69. The Labute approximate surface area is 176 Å². The van der Waals surface area contributed by atoms with Crippen molar-refractivity contribution < 1.29 is 4.39 Å². The van der Waals surface area contributed by atoms with Crippen LogP contribution in [0.5, 0.6) is 0 Å². The van der Waals surface area contributed by atoms with Crippen LogP contribution in [0.2, 0.25) is 0 Å². The minimum atomic E-state index is -0.382. The molecule has 29 heavy (non-hydrogen) atoms. The molecule has 2 rings (SSSR count). The van der Waals surface area contributed by atoms with E-state index < -0.39 is 0 Å². The molecule has 1 aromatic rings. The van der Waals surface area contributed by atoms with Crippen molar-refractivity contribution in [3.8, 4) is 0 Å². The Morgan fingerprint density at radius 1 is 1.21 bits per heavy atom. The highest BCUT2D eigenvalue weighted by molar-refractivity contribution is 8.03. The highest BCUT2D eigenvalue weighted by Crippen LogP contribution is 2.32. The topological polar surface area (TPSA) is 102 Å². The molecule has 0 atom stereocenters. The summed E-state index contributed by atoms with van der Waals surface area (Å²) in [6.07, 6.45) is 11.3. The van der Waals surface area contributed by atoms with Crippen LogP contribution in [0.3, 0.4) is 0 Å². The minimum Gasteiger partial charge on any atom is -0.405 e. The maximum atomic E-state index is 14.6. The Balaban J connectivity index is 2.29. The Morgan fingerprint density at radius 2 is 1.97 bits per heavy atom. The highest BCUT2D eigenvalue weighted by atomic mass is 32.2. The van der Waals surface area contributed by atoms with Crippen LogP contribution in [0.4, 0.5) is 10.1 Å². The molecule has 154 valence electrons. The van der Waals surface area contributed by atoms with E-state index in [-0.39, 0.29) is 5.82 Å². The maximum absolute atomic E-state index is 14.6. The summed E-state index contributed by atoms with van der Waals surface area (Å²) in [5.41, 5.74) is 19.7. The van der Waals surface area contributed by atoms with Crippen molar-refractivity contribution in [1.82, 2.24) is 5.32 Å². The van der Waals surface area contributed by atoms with Gasteiger partial charge in [-0.25, -0.2) is 9.38 Å². The second kappa shape index (κ2) is 11.2. The summed E-state index contributed by atoms with van der Waals surface area (Å²) < 4.78 is 14.6. The fraction of sp³-hybridized carbons (Fsp3) is 0.227. The van der Waals surface area contributed by atoms with E-state index in [0.29, 0.717) is 22.2 Å². The van der Waals surface area contributed by atoms with Gasteiger partial charge in [0.15, 0.2) is 0 Å². The molecule has 0 aliphatic heterocycles. The Bertz CT molecular complexity index is 883. The van der Waals surface area contributed by atoms with Crippen LogP contribution < -0.4 is 22.5 Å². The molecule has 0 bridgehead atoms. The summed E-state index contributed by atoms with van der Waals surface area (Å²) in [6, 6.07) is 4.79. The highest BCUT2D eigenvalue weighted by Gasteiger charge is 2.15. The lowest BCUT2D eigenvalue weighted by Crippen LogP contribution is -2.24. The van der Waals surface area contributed by atoms with E-state index in [1.807, 2.05) is 0 Å². The molecule has 1 aliphatic carbocycles. The molecule has 0 saturated carbocycles. The van der Waals surface area contributed by atoms with Gasteiger partial charge in [0.2, 0.25) is 0 Å². The molecule has 0 amide bonds. The van der Waals surface area contributed by atoms with Gasteiger partial charge in [-0.3, -0.25) is 0 Å². The van der Waals surface area contributed by atoms with E-state index in [2.05, 4.69) is 23.5 Å². The van der Waals surface area contributed by atoms with E-state index >= 15 is 0 Å². The monoisotopic (exact) mass is 413 g/mol. The number of nitrogens with zero attached hydrogens (tertiary/aromatic N) is 1. The number of benzene rings is 1. The molecule has 1 aliphatic rings. The molecule has 0 fully saturated rings. The molecule has 7 N–H and O–H groups in total. The fourth-order valence-electron chi connectivity index (χ4n) is 3.01. The van der Waals surface area contributed by atoms with Gasteiger partial charge in [0, 0.05) is 27.1 Å². The summed E-state index contributed by atoms with van der Waals surface area (Å²) >= 11 is 1.26. The summed E-state index contributed by atoms with van der Waals surface area (Å²) in [6.45, 7) is 7.36. The SMILES string of the molecule is C=C/C=C(\C=C/N)Sc1ccc(N=C(N)C2=C(NC(=C)N)CCCCC2)cc1F. The number of amidine groups is 1. The third-order valence-electron chi connectivity index (χ3n) is 4.27. The van der Waals surface area contributed by atoms with Gasteiger partial charge >= 0.3 is 0 Å². The fourth-order valence-corrected chi connectivity index (χ4v) is 3.86. The molecule has 5 nitrogen and oxygen atoms in total. The zero-order chi connectivity index (χ0) is 21.2. The zero-order valence-electron chi connectivity index (χ0n) is 16.5. The first-order valence-corrected chi connectivity index (χ1v) is 10.2. The standard InChI is InChI=1S/C22H28FN5S/c1-3-7-17(12-13-24)29-21-11-10-16(14-19(21)23)28-22(26)18-8-5-4-6-9-20(18)27-15(2)25/h3,7,10-14,27H,1-2,4-6,8-9,24-25H2,(H2,26,28)/b13-12-,17-7+. The molecule has 0 radical (unpaired) electrons. The normalized spacial score (nSPS) is 16.0. The van der Waals surface area contributed by atoms with Gasteiger partial charge in [-0.15, -0.1) is 0 Å². The molecule has 7 heteroatoms. The van der Waals surface area contributed by atoms with Crippen LogP contribution in [0.1, 0.15) is 32.1 Å². The van der Waals surface area contributed by atoms with Gasteiger partial charge < -0.3 is 22.5 Å². The minimum absolute atomic E-state index is 0.369. The Hall–Kier alpha value is -2.93. The number of aliphatic imine (C=N–C) groups is 1. The Morgan fingerprint density at radius 3 is 2.62 bits per heavy atom. The first kappa shape index (κ1) is 22.4. The van der Waals surface area contributed by atoms with Crippen LogP contribution in [-0.2, 0) is 0 Å². The number of halogens is 1. The number of nitrogens with two attached hydrogens (primary N) is 3. The average Bonchev–Trinajstić information content (AvgIpc) is 2.89. The smallest absolute Gasteiger partial charge is 0.139 e. The number of rotatable bonds is 8. The van der Waals surface area contributed by atoms with E-state index in [0.717, 1.165) is 48.3 Å². The molecule has 0 aromatic heterocycles. The average molecular weight is 414 g/mol.